The number of ether oxygens (including phenoxy) is 1. The van der Waals surface area contributed by atoms with Crippen molar-refractivity contribution in [3.05, 3.63) is 47.3 Å². The number of aromatic nitrogens is 3. The van der Waals surface area contributed by atoms with Crippen LogP contribution >= 0.6 is 0 Å². The maximum Gasteiger partial charge on any atom is 0.272 e. The number of nitrogens with zero attached hydrogens (tertiary/aromatic N) is 4. The Morgan fingerprint density at radius 2 is 1.93 bits per heavy atom. The number of fused-ring (bicyclic) bond motifs is 1. The summed E-state index contributed by atoms with van der Waals surface area (Å²) in [6.45, 7) is 5.76. The van der Waals surface area contributed by atoms with E-state index in [2.05, 4.69) is 34.4 Å². The molecular weight excluding hydrogens is 366 g/mol. The topological polar surface area (TPSA) is 72.3 Å². The van der Waals surface area contributed by atoms with Crippen molar-refractivity contribution >= 4 is 22.6 Å². The van der Waals surface area contributed by atoms with E-state index >= 15 is 0 Å². The molecule has 1 fully saturated rings. The van der Waals surface area contributed by atoms with Crippen LogP contribution in [-0.4, -0.2) is 46.9 Å². The van der Waals surface area contributed by atoms with Crippen LogP contribution in [0.15, 0.2) is 30.3 Å². The van der Waals surface area contributed by atoms with Crippen molar-refractivity contribution in [3.63, 3.8) is 0 Å². The molecule has 1 aliphatic heterocycles. The molecular formula is C22H27N5O2. The molecule has 152 valence electrons. The van der Waals surface area contributed by atoms with Crippen LogP contribution in [0.2, 0.25) is 0 Å². The number of carbonyl (C=O) groups is 1. The van der Waals surface area contributed by atoms with Gasteiger partial charge in [-0.2, -0.15) is 5.10 Å². The third-order valence-corrected chi connectivity index (χ3v) is 5.71. The fourth-order valence-corrected chi connectivity index (χ4v) is 3.84. The zero-order valence-electron chi connectivity index (χ0n) is 17.4. The van der Waals surface area contributed by atoms with E-state index in [0.717, 1.165) is 54.1 Å². The SMILES string of the molecule is COc1ccc2c(C)cc(N3CCC(NC(=O)c4cc(C)n(C)n4)CC3)nc2c1. The maximum atomic E-state index is 12.5. The van der Waals surface area contributed by atoms with Gasteiger partial charge in [-0.25, -0.2) is 4.98 Å². The van der Waals surface area contributed by atoms with Gasteiger partial charge in [0.15, 0.2) is 0 Å². The Kier molecular flexibility index (Phi) is 5.13. The van der Waals surface area contributed by atoms with Crippen molar-refractivity contribution < 1.29 is 9.53 Å². The fourth-order valence-electron chi connectivity index (χ4n) is 3.84. The number of hydrogen-bond donors (Lipinski definition) is 1. The monoisotopic (exact) mass is 393 g/mol. The van der Waals surface area contributed by atoms with Crippen LogP contribution in [0.4, 0.5) is 5.82 Å². The molecule has 1 amide bonds. The molecule has 3 heterocycles. The lowest BCUT2D eigenvalue weighted by atomic mass is 10.0. The van der Waals surface area contributed by atoms with Crippen LogP contribution in [0.25, 0.3) is 10.9 Å². The number of piperidine rings is 1. The number of rotatable bonds is 4. The van der Waals surface area contributed by atoms with E-state index in [4.69, 9.17) is 9.72 Å². The summed E-state index contributed by atoms with van der Waals surface area (Å²) in [5, 5.41) is 8.53. The van der Waals surface area contributed by atoms with Gasteiger partial charge in [-0.15, -0.1) is 0 Å². The minimum absolute atomic E-state index is 0.0982. The zero-order chi connectivity index (χ0) is 20.5. The highest BCUT2D eigenvalue weighted by molar-refractivity contribution is 5.92. The Labute approximate surface area is 170 Å². The van der Waals surface area contributed by atoms with E-state index in [0.29, 0.717) is 5.69 Å². The molecule has 7 nitrogen and oxygen atoms in total. The van der Waals surface area contributed by atoms with Crippen LogP contribution in [0, 0.1) is 13.8 Å². The third kappa shape index (κ3) is 3.90. The van der Waals surface area contributed by atoms with Crippen molar-refractivity contribution in [2.75, 3.05) is 25.1 Å². The first-order chi connectivity index (χ1) is 13.9. The van der Waals surface area contributed by atoms with E-state index in [9.17, 15) is 4.79 Å². The van der Waals surface area contributed by atoms with Gasteiger partial charge in [-0.05, 0) is 56.5 Å². The smallest absolute Gasteiger partial charge is 0.272 e. The van der Waals surface area contributed by atoms with Crippen molar-refractivity contribution in [3.8, 4) is 5.75 Å². The molecule has 2 aromatic heterocycles. The first kappa shape index (κ1) is 19.2. The number of aryl methyl sites for hydroxylation is 3. The number of amides is 1. The summed E-state index contributed by atoms with van der Waals surface area (Å²) >= 11 is 0. The number of anilines is 1. The van der Waals surface area contributed by atoms with E-state index in [-0.39, 0.29) is 11.9 Å². The van der Waals surface area contributed by atoms with Crippen molar-refractivity contribution in [2.45, 2.75) is 32.7 Å². The van der Waals surface area contributed by atoms with E-state index < -0.39 is 0 Å². The third-order valence-electron chi connectivity index (χ3n) is 5.71. The number of carbonyl (C=O) groups excluding carboxylic acids is 1. The Morgan fingerprint density at radius 1 is 1.17 bits per heavy atom. The van der Waals surface area contributed by atoms with Gasteiger partial charge in [-0.1, -0.05) is 0 Å². The second-order valence-corrected chi connectivity index (χ2v) is 7.71. The van der Waals surface area contributed by atoms with Crippen LogP contribution in [0.3, 0.4) is 0 Å². The molecule has 4 rings (SSSR count). The van der Waals surface area contributed by atoms with E-state index in [1.807, 2.05) is 32.2 Å². The van der Waals surface area contributed by atoms with Crippen molar-refractivity contribution in [2.24, 2.45) is 7.05 Å². The molecule has 0 bridgehead atoms. The van der Waals surface area contributed by atoms with Crippen molar-refractivity contribution in [1.82, 2.24) is 20.1 Å². The standard InChI is InChI=1S/C22H27N5O2/c1-14-11-21(24-19-13-17(29-4)5-6-18(14)19)27-9-7-16(8-10-27)23-22(28)20-12-15(2)26(3)25-20/h5-6,11-13,16H,7-10H2,1-4H3,(H,23,28). The molecule has 0 aliphatic carbocycles. The van der Waals surface area contributed by atoms with Gasteiger partial charge in [0.05, 0.1) is 12.6 Å². The average Bonchev–Trinajstić information content (AvgIpc) is 3.06. The predicted molar refractivity (Wildman–Crippen MR) is 114 cm³/mol. The van der Waals surface area contributed by atoms with Gasteiger partial charge in [0, 0.05) is 43.3 Å². The first-order valence-corrected chi connectivity index (χ1v) is 9.96. The molecule has 0 radical (unpaired) electrons. The number of nitrogens with one attached hydrogen (secondary N) is 1. The molecule has 1 aliphatic rings. The van der Waals surface area contributed by atoms with E-state index in [1.165, 1.54) is 5.56 Å². The molecule has 0 atom stereocenters. The van der Waals surface area contributed by atoms with Crippen LogP contribution < -0.4 is 15.0 Å². The fraction of sp³-hybridized carbons (Fsp3) is 0.409. The highest BCUT2D eigenvalue weighted by atomic mass is 16.5. The largest absolute Gasteiger partial charge is 0.497 e. The Bertz CT molecular complexity index is 1030. The van der Waals surface area contributed by atoms with Crippen LogP contribution in [0.5, 0.6) is 5.75 Å². The summed E-state index contributed by atoms with van der Waals surface area (Å²) in [6, 6.07) is 10.1. The van der Waals surface area contributed by atoms with Crippen LogP contribution in [-0.2, 0) is 7.05 Å². The number of benzene rings is 1. The lowest BCUT2D eigenvalue weighted by molar-refractivity contribution is 0.0925. The van der Waals surface area contributed by atoms with Gasteiger partial charge in [0.2, 0.25) is 0 Å². The molecule has 1 saturated heterocycles. The predicted octanol–water partition coefficient (Wildman–Crippen LogP) is 2.99. The normalized spacial score (nSPS) is 15.0. The van der Waals surface area contributed by atoms with Gasteiger partial charge >= 0.3 is 0 Å². The molecule has 1 aromatic carbocycles. The second-order valence-electron chi connectivity index (χ2n) is 7.71. The summed E-state index contributed by atoms with van der Waals surface area (Å²) in [6.07, 6.45) is 1.77. The average molecular weight is 393 g/mol. The molecule has 0 saturated carbocycles. The summed E-state index contributed by atoms with van der Waals surface area (Å²) in [5.41, 5.74) is 3.60. The lowest BCUT2D eigenvalue weighted by Gasteiger charge is -2.33. The number of hydrogen-bond acceptors (Lipinski definition) is 5. The minimum atomic E-state index is -0.0982. The second kappa shape index (κ2) is 7.73. The van der Waals surface area contributed by atoms with Gasteiger partial charge in [-0.3, -0.25) is 9.48 Å². The first-order valence-electron chi connectivity index (χ1n) is 9.96. The number of methoxy groups -OCH3 is 1. The Morgan fingerprint density at radius 3 is 2.59 bits per heavy atom. The van der Waals surface area contributed by atoms with Crippen LogP contribution in [0.1, 0.15) is 34.6 Å². The highest BCUT2D eigenvalue weighted by Gasteiger charge is 2.23. The van der Waals surface area contributed by atoms with E-state index in [1.54, 1.807) is 11.8 Å². The van der Waals surface area contributed by atoms with Gasteiger partial charge < -0.3 is 15.0 Å². The number of pyridine rings is 1. The zero-order valence-corrected chi connectivity index (χ0v) is 17.4. The Hall–Kier alpha value is -3.09. The molecule has 7 heteroatoms. The summed E-state index contributed by atoms with van der Waals surface area (Å²) < 4.78 is 7.07. The highest BCUT2D eigenvalue weighted by Crippen LogP contribution is 2.27. The minimum Gasteiger partial charge on any atom is -0.497 e. The molecule has 1 N–H and O–H groups in total. The molecule has 29 heavy (non-hydrogen) atoms. The van der Waals surface area contributed by atoms with Crippen molar-refractivity contribution in [1.29, 1.82) is 0 Å². The summed E-state index contributed by atoms with van der Waals surface area (Å²) in [5.74, 6) is 1.69. The Balaban J connectivity index is 1.43. The summed E-state index contributed by atoms with van der Waals surface area (Å²) in [7, 11) is 3.52. The molecule has 3 aromatic rings. The van der Waals surface area contributed by atoms with Gasteiger partial charge in [0.1, 0.15) is 17.3 Å². The lowest BCUT2D eigenvalue weighted by Crippen LogP contribution is -2.45. The summed E-state index contributed by atoms with van der Waals surface area (Å²) in [4.78, 5) is 19.6. The molecule has 0 unspecified atom stereocenters. The maximum absolute atomic E-state index is 12.5. The quantitative estimate of drug-likeness (QED) is 0.738. The molecule has 0 spiro atoms. The van der Waals surface area contributed by atoms with Gasteiger partial charge in [0.25, 0.3) is 5.91 Å².